The minimum Gasteiger partial charge on any atom is -0.468 e. The quantitative estimate of drug-likeness (QED) is 0.650. The highest BCUT2D eigenvalue weighted by molar-refractivity contribution is 7.91. The van der Waals surface area contributed by atoms with Gasteiger partial charge in [0.05, 0.1) is 17.6 Å². The van der Waals surface area contributed by atoms with E-state index in [4.69, 9.17) is 4.42 Å². The van der Waals surface area contributed by atoms with Crippen LogP contribution in [0, 0.1) is 13.8 Å². The van der Waals surface area contributed by atoms with Crippen molar-refractivity contribution in [2.45, 2.75) is 30.4 Å². The highest BCUT2D eigenvalue weighted by Gasteiger charge is 2.33. The molecule has 0 aliphatic carbocycles. The second-order valence-electron chi connectivity index (χ2n) is 6.38. The molecule has 1 aromatic carbocycles. The molecular formula is C20H21NO4S2. The molecule has 0 spiro atoms. The number of benzene rings is 1. The van der Waals surface area contributed by atoms with Crippen LogP contribution >= 0.6 is 11.3 Å². The Morgan fingerprint density at radius 3 is 2.67 bits per heavy atom. The number of amides is 1. The summed E-state index contributed by atoms with van der Waals surface area (Å²) < 4.78 is 32.0. The average molecular weight is 404 g/mol. The first-order valence-corrected chi connectivity index (χ1v) is 10.9. The minimum atomic E-state index is -3.74. The van der Waals surface area contributed by atoms with Crippen LogP contribution in [0.4, 0.5) is 0 Å². The van der Waals surface area contributed by atoms with Crippen LogP contribution in [0.5, 0.6) is 0 Å². The van der Waals surface area contributed by atoms with E-state index in [-0.39, 0.29) is 23.8 Å². The van der Waals surface area contributed by atoms with Crippen molar-refractivity contribution in [2.75, 3.05) is 6.54 Å². The molecule has 1 amide bonds. The highest BCUT2D eigenvalue weighted by Crippen LogP contribution is 2.31. The summed E-state index contributed by atoms with van der Waals surface area (Å²) in [6, 6.07) is 12.3. The van der Waals surface area contributed by atoms with Crippen molar-refractivity contribution in [3.63, 3.8) is 0 Å². The zero-order valence-electron chi connectivity index (χ0n) is 15.1. The fourth-order valence-electron chi connectivity index (χ4n) is 2.85. The van der Waals surface area contributed by atoms with Crippen molar-refractivity contribution in [3.05, 3.63) is 75.9 Å². The first-order valence-electron chi connectivity index (χ1n) is 8.51. The predicted octanol–water partition coefficient (Wildman–Crippen LogP) is 3.83. The molecule has 0 unspecified atom stereocenters. The lowest BCUT2D eigenvalue weighted by Gasteiger charge is -2.18. The lowest BCUT2D eigenvalue weighted by molar-refractivity contribution is -0.120. The Bertz CT molecular complexity index is 1010. The van der Waals surface area contributed by atoms with Gasteiger partial charge >= 0.3 is 0 Å². The van der Waals surface area contributed by atoms with Gasteiger partial charge in [0.1, 0.15) is 11.0 Å². The molecule has 0 fully saturated rings. The van der Waals surface area contributed by atoms with E-state index in [2.05, 4.69) is 5.32 Å². The maximum absolute atomic E-state index is 13.3. The van der Waals surface area contributed by atoms with Crippen molar-refractivity contribution in [2.24, 2.45) is 0 Å². The second kappa shape index (κ2) is 8.10. The lowest BCUT2D eigenvalue weighted by atomic mass is 10.2. The van der Waals surface area contributed by atoms with Gasteiger partial charge in [-0.1, -0.05) is 18.2 Å². The first kappa shape index (κ1) is 19.4. The number of carbonyl (C=O) groups excluding carboxylic acids is 1. The van der Waals surface area contributed by atoms with Crippen molar-refractivity contribution in [3.8, 4) is 0 Å². The third-order valence-corrected chi connectivity index (χ3v) is 7.36. The standard InChI is InChI=1S/C20H21NO4S2/c1-14-7-8-15(2)18(11-14)27(23,24)19(17-6-3-9-25-17)13-21-20(22)12-16-5-4-10-26-16/h3-11,19H,12-13H2,1-2H3,(H,21,22)/t19-/m0/s1. The monoisotopic (exact) mass is 403 g/mol. The van der Waals surface area contributed by atoms with Gasteiger partial charge in [0.2, 0.25) is 5.91 Å². The fraction of sp³-hybridized carbons (Fsp3) is 0.250. The summed E-state index contributed by atoms with van der Waals surface area (Å²) in [4.78, 5) is 13.4. The van der Waals surface area contributed by atoms with Crippen LogP contribution in [-0.2, 0) is 21.1 Å². The summed E-state index contributed by atoms with van der Waals surface area (Å²) in [6.45, 7) is 3.57. The summed E-state index contributed by atoms with van der Waals surface area (Å²) in [5, 5.41) is 3.66. The zero-order valence-corrected chi connectivity index (χ0v) is 16.8. The lowest BCUT2D eigenvalue weighted by Crippen LogP contribution is -2.32. The summed E-state index contributed by atoms with van der Waals surface area (Å²) in [5.74, 6) is 0.0949. The SMILES string of the molecule is Cc1ccc(C)c(S(=O)(=O)[C@@H](CNC(=O)Cc2cccs2)c2ccco2)c1. The predicted molar refractivity (Wildman–Crippen MR) is 106 cm³/mol. The number of furan rings is 1. The van der Waals surface area contributed by atoms with Crippen LogP contribution in [-0.4, -0.2) is 20.9 Å². The van der Waals surface area contributed by atoms with Crippen LogP contribution in [0.1, 0.15) is 27.0 Å². The maximum Gasteiger partial charge on any atom is 0.225 e. The topological polar surface area (TPSA) is 76.4 Å². The molecule has 2 aromatic heterocycles. The van der Waals surface area contributed by atoms with Gasteiger partial charge in [-0.15, -0.1) is 11.3 Å². The zero-order chi connectivity index (χ0) is 19.4. The molecular weight excluding hydrogens is 382 g/mol. The first-order chi connectivity index (χ1) is 12.9. The van der Waals surface area contributed by atoms with Crippen LogP contribution in [0.25, 0.3) is 0 Å². The largest absolute Gasteiger partial charge is 0.468 e. The summed E-state index contributed by atoms with van der Waals surface area (Å²) in [5.41, 5.74) is 1.53. The van der Waals surface area contributed by atoms with Crippen molar-refractivity contribution in [1.82, 2.24) is 5.32 Å². The molecule has 0 saturated heterocycles. The Morgan fingerprint density at radius 1 is 1.19 bits per heavy atom. The number of sulfone groups is 1. The van der Waals surface area contributed by atoms with E-state index >= 15 is 0 Å². The van der Waals surface area contributed by atoms with Gasteiger partial charge in [-0.25, -0.2) is 8.42 Å². The van der Waals surface area contributed by atoms with Gasteiger partial charge in [0, 0.05) is 11.4 Å². The second-order valence-corrected chi connectivity index (χ2v) is 9.51. The molecule has 27 heavy (non-hydrogen) atoms. The molecule has 1 N–H and O–H groups in total. The number of hydrogen-bond acceptors (Lipinski definition) is 5. The van der Waals surface area contributed by atoms with Gasteiger partial charge in [-0.2, -0.15) is 0 Å². The van der Waals surface area contributed by atoms with Crippen molar-refractivity contribution in [1.29, 1.82) is 0 Å². The number of aryl methyl sites for hydroxylation is 2. The van der Waals surface area contributed by atoms with Gasteiger partial charge in [0.25, 0.3) is 0 Å². The molecule has 3 rings (SSSR count). The Morgan fingerprint density at radius 2 is 2.00 bits per heavy atom. The van der Waals surface area contributed by atoms with Crippen LogP contribution in [0.15, 0.2) is 63.4 Å². The molecule has 0 radical (unpaired) electrons. The van der Waals surface area contributed by atoms with Crippen molar-refractivity contribution < 1.29 is 17.6 Å². The van der Waals surface area contributed by atoms with Gasteiger partial charge < -0.3 is 9.73 Å². The molecule has 142 valence electrons. The summed E-state index contributed by atoms with van der Waals surface area (Å²) in [7, 11) is -3.74. The number of nitrogens with one attached hydrogen (secondary N) is 1. The van der Waals surface area contributed by atoms with Gasteiger partial charge in [0.15, 0.2) is 9.84 Å². The number of hydrogen-bond donors (Lipinski definition) is 1. The molecule has 7 heteroatoms. The van der Waals surface area contributed by atoms with Crippen LogP contribution in [0.3, 0.4) is 0 Å². The van der Waals surface area contributed by atoms with Crippen LogP contribution < -0.4 is 5.32 Å². The third-order valence-electron chi connectivity index (χ3n) is 4.28. The number of rotatable bonds is 7. The maximum atomic E-state index is 13.3. The van der Waals surface area contributed by atoms with E-state index < -0.39 is 15.1 Å². The molecule has 2 heterocycles. The van der Waals surface area contributed by atoms with Crippen LogP contribution in [0.2, 0.25) is 0 Å². The van der Waals surface area contributed by atoms with E-state index in [9.17, 15) is 13.2 Å². The smallest absolute Gasteiger partial charge is 0.225 e. The molecule has 0 aliphatic heterocycles. The van der Waals surface area contributed by atoms with Gasteiger partial charge in [-0.3, -0.25) is 4.79 Å². The molecule has 0 saturated carbocycles. The molecule has 0 bridgehead atoms. The molecule has 0 aliphatic rings. The summed E-state index contributed by atoms with van der Waals surface area (Å²) >= 11 is 1.49. The van der Waals surface area contributed by atoms with Gasteiger partial charge in [-0.05, 0) is 54.6 Å². The van der Waals surface area contributed by atoms with E-state index in [0.717, 1.165) is 10.4 Å². The minimum absolute atomic E-state index is 0.0482. The van der Waals surface area contributed by atoms with E-state index in [0.29, 0.717) is 11.3 Å². The third kappa shape index (κ3) is 4.48. The Balaban J connectivity index is 1.85. The van der Waals surface area contributed by atoms with E-state index in [1.54, 1.807) is 31.2 Å². The highest BCUT2D eigenvalue weighted by atomic mass is 32.2. The Labute approximate surface area is 163 Å². The fourth-order valence-corrected chi connectivity index (χ4v) is 5.46. The normalized spacial score (nSPS) is 12.7. The Kier molecular flexibility index (Phi) is 5.82. The molecule has 3 aromatic rings. The Hall–Kier alpha value is -2.38. The number of thiophene rings is 1. The molecule has 5 nitrogen and oxygen atoms in total. The summed E-state index contributed by atoms with van der Waals surface area (Å²) in [6.07, 6.45) is 1.67. The number of carbonyl (C=O) groups is 1. The average Bonchev–Trinajstić information content (AvgIpc) is 3.31. The van der Waals surface area contributed by atoms with E-state index in [1.165, 1.54) is 17.6 Å². The molecule has 1 atom stereocenters. The van der Waals surface area contributed by atoms with E-state index in [1.807, 2.05) is 30.5 Å². The van der Waals surface area contributed by atoms with Crippen molar-refractivity contribution >= 4 is 27.1 Å².